The Morgan fingerprint density at radius 2 is 2.17 bits per heavy atom. The summed E-state index contributed by atoms with van der Waals surface area (Å²) in [6, 6.07) is 4.60. The number of hydrogen-bond donors (Lipinski definition) is 1. The number of rotatable bonds is 6. The average molecular weight is 273 g/mol. The van der Waals surface area contributed by atoms with Crippen molar-refractivity contribution >= 4 is 23.0 Å². The van der Waals surface area contributed by atoms with Gasteiger partial charge >= 0.3 is 0 Å². The number of benzene rings is 1. The summed E-state index contributed by atoms with van der Waals surface area (Å²) in [7, 11) is 0. The van der Waals surface area contributed by atoms with Gasteiger partial charge in [-0.05, 0) is 32.4 Å². The van der Waals surface area contributed by atoms with Crippen molar-refractivity contribution in [2.45, 2.75) is 26.3 Å². The highest BCUT2D eigenvalue weighted by Crippen LogP contribution is 2.32. The molecule has 0 aliphatic carbocycles. The summed E-state index contributed by atoms with van der Waals surface area (Å²) >= 11 is 5.91. The van der Waals surface area contributed by atoms with Crippen LogP contribution in [0.3, 0.4) is 0 Å². The Morgan fingerprint density at radius 1 is 1.50 bits per heavy atom. The van der Waals surface area contributed by atoms with E-state index in [0.717, 1.165) is 0 Å². The molecular formula is C12H17ClN2O3. The van der Waals surface area contributed by atoms with E-state index in [1.54, 1.807) is 6.07 Å². The zero-order valence-corrected chi connectivity index (χ0v) is 11.2. The van der Waals surface area contributed by atoms with E-state index in [-0.39, 0.29) is 18.3 Å². The third-order valence-corrected chi connectivity index (χ3v) is 2.86. The second-order valence-electron chi connectivity index (χ2n) is 4.25. The molecule has 1 rings (SSSR count). The van der Waals surface area contributed by atoms with Crippen molar-refractivity contribution in [1.82, 2.24) is 0 Å². The van der Waals surface area contributed by atoms with Crippen LogP contribution < -0.4 is 4.90 Å². The highest BCUT2D eigenvalue weighted by atomic mass is 35.5. The van der Waals surface area contributed by atoms with Gasteiger partial charge in [0.1, 0.15) is 5.69 Å². The minimum atomic E-state index is -0.417. The molecule has 18 heavy (non-hydrogen) atoms. The minimum absolute atomic E-state index is 0.0334. The van der Waals surface area contributed by atoms with Gasteiger partial charge in [-0.1, -0.05) is 11.6 Å². The molecule has 0 saturated heterocycles. The molecule has 0 aliphatic rings. The number of nitro groups is 1. The Labute approximate surface area is 111 Å². The molecule has 0 spiro atoms. The molecule has 1 aromatic rings. The van der Waals surface area contributed by atoms with Crippen LogP contribution in [0.15, 0.2) is 18.2 Å². The van der Waals surface area contributed by atoms with E-state index in [4.69, 9.17) is 16.7 Å². The first-order valence-electron chi connectivity index (χ1n) is 5.78. The maximum atomic E-state index is 11.0. The second kappa shape index (κ2) is 6.56. The van der Waals surface area contributed by atoms with E-state index in [9.17, 15) is 10.1 Å². The first-order chi connectivity index (χ1) is 8.47. The van der Waals surface area contributed by atoms with Gasteiger partial charge in [0.15, 0.2) is 0 Å². The summed E-state index contributed by atoms with van der Waals surface area (Å²) in [5.74, 6) is 0. The molecule has 100 valence electrons. The molecule has 0 saturated carbocycles. The molecule has 0 bridgehead atoms. The molecular weight excluding hydrogens is 256 g/mol. The van der Waals surface area contributed by atoms with E-state index in [0.29, 0.717) is 23.7 Å². The maximum absolute atomic E-state index is 11.0. The van der Waals surface area contributed by atoms with Crippen LogP contribution in [0.1, 0.15) is 20.3 Å². The third-order valence-electron chi connectivity index (χ3n) is 2.62. The zero-order chi connectivity index (χ0) is 13.7. The Kier molecular flexibility index (Phi) is 5.37. The zero-order valence-electron chi connectivity index (χ0n) is 10.5. The Hall–Kier alpha value is -1.33. The lowest BCUT2D eigenvalue weighted by atomic mass is 10.2. The van der Waals surface area contributed by atoms with Crippen molar-refractivity contribution < 1.29 is 10.0 Å². The van der Waals surface area contributed by atoms with Crippen molar-refractivity contribution in [2.24, 2.45) is 0 Å². The van der Waals surface area contributed by atoms with E-state index in [1.807, 2.05) is 18.7 Å². The van der Waals surface area contributed by atoms with Gasteiger partial charge in [-0.2, -0.15) is 0 Å². The summed E-state index contributed by atoms with van der Waals surface area (Å²) in [6.07, 6.45) is 0.557. The first kappa shape index (κ1) is 14.7. The predicted molar refractivity (Wildman–Crippen MR) is 72.3 cm³/mol. The molecule has 0 amide bonds. The summed E-state index contributed by atoms with van der Waals surface area (Å²) in [5.41, 5.74) is 0.530. The lowest BCUT2D eigenvalue weighted by Gasteiger charge is -2.28. The molecule has 5 nitrogen and oxygen atoms in total. The molecule has 0 fully saturated rings. The number of aliphatic hydroxyl groups is 1. The normalized spacial score (nSPS) is 10.7. The molecule has 0 atom stereocenters. The quantitative estimate of drug-likeness (QED) is 0.639. The molecule has 1 aromatic carbocycles. The smallest absolute Gasteiger partial charge is 0.292 e. The fourth-order valence-electron chi connectivity index (χ4n) is 1.78. The van der Waals surface area contributed by atoms with Crippen LogP contribution in [0.4, 0.5) is 11.4 Å². The summed E-state index contributed by atoms with van der Waals surface area (Å²) in [6.45, 7) is 4.50. The molecule has 0 heterocycles. The number of hydrogen-bond acceptors (Lipinski definition) is 4. The Morgan fingerprint density at radius 3 is 2.67 bits per heavy atom. The second-order valence-corrected chi connectivity index (χ2v) is 4.69. The van der Waals surface area contributed by atoms with Gasteiger partial charge < -0.3 is 10.0 Å². The number of halogens is 1. The number of aliphatic hydroxyl groups excluding tert-OH is 1. The summed E-state index contributed by atoms with van der Waals surface area (Å²) < 4.78 is 0. The van der Waals surface area contributed by atoms with Crippen molar-refractivity contribution in [3.63, 3.8) is 0 Å². The summed E-state index contributed by atoms with van der Waals surface area (Å²) in [4.78, 5) is 12.5. The van der Waals surface area contributed by atoms with Crippen LogP contribution in [0, 0.1) is 10.1 Å². The maximum Gasteiger partial charge on any atom is 0.292 e. The molecule has 1 N–H and O–H groups in total. The van der Waals surface area contributed by atoms with Gasteiger partial charge in [-0.25, -0.2) is 0 Å². The third kappa shape index (κ3) is 3.58. The van der Waals surface area contributed by atoms with Crippen LogP contribution in [0.2, 0.25) is 5.02 Å². The average Bonchev–Trinajstić information content (AvgIpc) is 2.28. The number of nitrogens with zero attached hydrogens (tertiary/aromatic N) is 2. The highest BCUT2D eigenvalue weighted by molar-refractivity contribution is 6.31. The number of anilines is 1. The van der Waals surface area contributed by atoms with E-state index in [2.05, 4.69) is 0 Å². The van der Waals surface area contributed by atoms with E-state index < -0.39 is 4.92 Å². The van der Waals surface area contributed by atoms with Gasteiger partial charge in [-0.3, -0.25) is 10.1 Å². The Balaban J connectivity index is 3.16. The van der Waals surface area contributed by atoms with Crippen molar-refractivity contribution in [2.75, 3.05) is 18.1 Å². The molecule has 0 unspecified atom stereocenters. The fourth-order valence-corrected chi connectivity index (χ4v) is 1.95. The minimum Gasteiger partial charge on any atom is -0.396 e. The van der Waals surface area contributed by atoms with E-state index >= 15 is 0 Å². The first-order valence-corrected chi connectivity index (χ1v) is 6.16. The van der Waals surface area contributed by atoms with Crippen LogP contribution in [0.5, 0.6) is 0 Å². The predicted octanol–water partition coefficient (Wildman–Crippen LogP) is 2.85. The van der Waals surface area contributed by atoms with Crippen molar-refractivity contribution in [1.29, 1.82) is 0 Å². The van der Waals surface area contributed by atoms with Gasteiger partial charge in [0, 0.05) is 30.3 Å². The number of nitro benzene ring substituents is 1. The van der Waals surface area contributed by atoms with Crippen molar-refractivity contribution in [3.05, 3.63) is 33.3 Å². The Bertz CT molecular complexity index is 424. The monoisotopic (exact) mass is 272 g/mol. The highest BCUT2D eigenvalue weighted by Gasteiger charge is 2.21. The van der Waals surface area contributed by atoms with Crippen LogP contribution >= 0.6 is 11.6 Å². The van der Waals surface area contributed by atoms with Gasteiger partial charge in [-0.15, -0.1) is 0 Å². The van der Waals surface area contributed by atoms with Gasteiger partial charge in [0.2, 0.25) is 0 Å². The largest absolute Gasteiger partial charge is 0.396 e. The summed E-state index contributed by atoms with van der Waals surface area (Å²) in [5, 5.41) is 20.4. The molecule has 0 aliphatic heterocycles. The van der Waals surface area contributed by atoms with Gasteiger partial charge in [0.05, 0.1) is 4.92 Å². The van der Waals surface area contributed by atoms with Crippen LogP contribution in [0.25, 0.3) is 0 Å². The van der Waals surface area contributed by atoms with Crippen LogP contribution in [-0.4, -0.2) is 29.2 Å². The standard InChI is InChI=1S/C12H17ClN2O3/c1-9(2)14(6-3-7-16)12-8-10(13)4-5-11(12)15(17)18/h4-5,8-9,16H,3,6-7H2,1-2H3. The molecule has 0 aromatic heterocycles. The lowest BCUT2D eigenvalue weighted by molar-refractivity contribution is -0.384. The fraction of sp³-hybridized carbons (Fsp3) is 0.500. The topological polar surface area (TPSA) is 66.6 Å². The van der Waals surface area contributed by atoms with E-state index in [1.165, 1.54) is 12.1 Å². The van der Waals surface area contributed by atoms with Crippen molar-refractivity contribution in [3.8, 4) is 0 Å². The lowest BCUT2D eigenvalue weighted by Crippen LogP contribution is -2.32. The van der Waals surface area contributed by atoms with Gasteiger partial charge in [0.25, 0.3) is 5.69 Å². The molecule has 0 radical (unpaired) electrons. The van der Waals surface area contributed by atoms with Crippen LogP contribution in [-0.2, 0) is 0 Å². The SMILES string of the molecule is CC(C)N(CCCO)c1cc(Cl)ccc1[N+](=O)[O-]. The molecule has 6 heteroatoms.